The predicted molar refractivity (Wildman–Crippen MR) is 146 cm³/mol. The Balaban J connectivity index is 1.29. The molecule has 0 bridgehead atoms. The molecular formula is C31H28FN5O. The van der Waals surface area contributed by atoms with Crippen molar-refractivity contribution in [3.05, 3.63) is 114 Å². The van der Waals surface area contributed by atoms with Crippen LogP contribution in [-0.4, -0.2) is 32.6 Å². The lowest BCUT2D eigenvalue weighted by molar-refractivity contribution is 0.370. The number of hydrogen-bond acceptors (Lipinski definition) is 5. The highest BCUT2D eigenvalue weighted by molar-refractivity contribution is 5.77. The Morgan fingerprint density at radius 1 is 0.842 bits per heavy atom. The lowest BCUT2D eigenvalue weighted by atomic mass is 10.0. The second-order valence-electron chi connectivity index (χ2n) is 9.47. The fraction of sp³-hybridized carbons (Fsp3) is 0.194. The molecule has 38 heavy (non-hydrogen) atoms. The van der Waals surface area contributed by atoms with Gasteiger partial charge in [0.1, 0.15) is 11.6 Å². The SMILES string of the molecule is Fc1ccc(-c2ncn(C3CCNCC3)c2-c2ccnc(Oc3ccc(Cc4ccccc4)cc3)n2)cc1. The van der Waals surface area contributed by atoms with Gasteiger partial charge >= 0.3 is 6.01 Å². The number of benzene rings is 3. The van der Waals surface area contributed by atoms with Crippen LogP contribution >= 0.6 is 0 Å². The van der Waals surface area contributed by atoms with E-state index in [0.29, 0.717) is 17.5 Å². The Bertz CT molecular complexity index is 1490. The largest absolute Gasteiger partial charge is 0.424 e. The van der Waals surface area contributed by atoms with Crippen LogP contribution in [0.2, 0.25) is 0 Å². The molecule has 2 aromatic heterocycles. The summed E-state index contributed by atoms with van der Waals surface area (Å²) < 4.78 is 21.9. The number of piperidine rings is 1. The van der Waals surface area contributed by atoms with Crippen LogP contribution in [0.1, 0.15) is 30.0 Å². The Kier molecular flexibility index (Phi) is 6.91. The normalized spacial score (nSPS) is 13.9. The molecule has 0 spiro atoms. The molecule has 0 aliphatic carbocycles. The van der Waals surface area contributed by atoms with Crippen LogP contribution in [0, 0.1) is 5.82 Å². The van der Waals surface area contributed by atoms with Crippen LogP contribution < -0.4 is 10.1 Å². The van der Waals surface area contributed by atoms with Gasteiger partial charge in [-0.2, -0.15) is 4.98 Å². The summed E-state index contributed by atoms with van der Waals surface area (Å²) in [6, 6.07) is 27.2. The van der Waals surface area contributed by atoms with E-state index in [1.54, 1.807) is 18.3 Å². The van der Waals surface area contributed by atoms with Crippen molar-refractivity contribution in [2.75, 3.05) is 13.1 Å². The van der Waals surface area contributed by atoms with Crippen LogP contribution in [0.4, 0.5) is 4.39 Å². The van der Waals surface area contributed by atoms with E-state index in [-0.39, 0.29) is 11.8 Å². The van der Waals surface area contributed by atoms with Gasteiger partial charge in [-0.3, -0.25) is 0 Å². The third kappa shape index (κ3) is 5.33. The van der Waals surface area contributed by atoms with Crippen molar-refractivity contribution < 1.29 is 9.13 Å². The van der Waals surface area contributed by atoms with Crippen molar-refractivity contribution >= 4 is 0 Å². The first kappa shape index (κ1) is 24.0. The highest BCUT2D eigenvalue weighted by Crippen LogP contribution is 2.35. The van der Waals surface area contributed by atoms with E-state index < -0.39 is 0 Å². The summed E-state index contributed by atoms with van der Waals surface area (Å²) in [4.78, 5) is 13.9. The Labute approximate surface area is 221 Å². The van der Waals surface area contributed by atoms with Gasteiger partial charge in [-0.15, -0.1) is 0 Å². The number of ether oxygens (including phenoxy) is 1. The number of aromatic nitrogens is 4. The van der Waals surface area contributed by atoms with E-state index in [1.807, 2.05) is 30.6 Å². The maximum Gasteiger partial charge on any atom is 0.322 e. The minimum absolute atomic E-state index is 0.265. The van der Waals surface area contributed by atoms with Crippen molar-refractivity contribution in [3.8, 4) is 34.4 Å². The molecule has 1 saturated heterocycles. The fourth-order valence-corrected chi connectivity index (χ4v) is 4.93. The lowest BCUT2D eigenvalue weighted by Gasteiger charge is -2.25. The molecule has 6 nitrogen and oxygen atoms in total. The minimum Gasteiger partial charge on any atom is -0.424 e. The van der Waals surface area contributed by atoms with Crippen molar-refractivity contribution in [3.63, 3.8) is 0 Å². The number of hydrogen-bond donors (Lipinski definition) is 1. The van der Waals surface area contributed by atoms with Gasteiger partial charge in [-0.05, 0) is 85.9 Å². The van der Waals surface area contributed by atoms with Gasteiger partial charge in [0.25, 0.3) is 0 Å². The van der Waals surface area contributed by atoms with Gasteiger partial charge in [-0.25, -0.2) is 14.4 Å². The first-order valence-electron chi connectivity index (χ1n) is 12.9. The van der Waals surface area contributed by atoms with Crippen LogP contribution in [0.25, 0.3) is 22.6 Å². The summed E-state index contributed by atoms with van der Waals surface area (Å²) in [5.74, 6) is 0.394. The average Bonchev–Trinajstić information content (AvgIpc) is 3.41. The summed E-state index contributed by atoms with van der Waals surface area (Å²) in [5.41, 5.74) is 5.66. The maximum atomic E-state index is 13.6. The maximum absolute atomic E-state index is 13.6. The van der Waals surface area contributed by atoms with Crippen molar-refractivity contribution in [1.29, 1.82) is 0 Å². The highest BCUT2D eigenvalue weighted by Gasteiger charge is 2.23. The van der Waals surface area contributed by atoms with E-state index >= 15 is 0 Å². The summed E-state index contributed by atoms with van der Waals surface area (Å²) in [6.45, 7) is 1.90. The van der Waals surface area contributed by atoms with Gasteiger partial charge < -0.3 is 14.6 Å². The number of rotatable bonds is 7. The zero-order valence-corrected chi connectivity index (χ0v) is 20.9. The molecular weight excluding hydrogens is 477 g/mol. The quantitative estimate of drug-likeness (QED) is 0.275. The van der Waals surface area contributed by atoms with Crippen LogP contribution in [0.5, 0.6) is 11.8 Å². The molecule has 5 aromatic rings. The molecule has 3 heterocycles. The van der Waals surface area contributed by atoms with E-state index in [1.165, 1.54) is 23.3 Å². The van der Waals surface area contributed by atoms with Gasteiger partial charge in [0, 0.05) is 17.8 Å². The first-order chi connectivity index (χ1) is 18.7. The molecule has 190 valence electrons. The first-order valence-corrected chi connectivity index (χ1v) is 12.9. The van der Waals surface area contributed by atoms with E-state index in [9.17, 15) is 4.39 Å². The molecule has 0 radical (unpaired) electrons. The smallest absolute Gasteiger partial charge is 0.322 e. The standard InChI is InChI=1S/C31H28FN5O/c32-25-10-8-24(9-11-25)29-30(37(21-35-29)26-14-17-33-18-15-26)28-16-19-34-31(36-28)38-27-12-6-23(7-13-27)20-22-4-2-1-3-5-22/h1-13,16,19,21,26,33H,14-15,17-18,20H2. The minimum atomic E-state index is -0.277. The Morgan fingerprint density at radius 2 is 1.58 bits per heavy atom. The lowest BCUT2D eigenvalue weighted by Crippen LogP contribution is -2.29. The Morgan fingerprint density at radius 3 is 2.34 bits per heavy atom. The molecule has 0 saturated carbocycles. The highest BCUT2D eigenvalue weighted by atomic mass is 19.1. The molecule has 0 unspecified atom stereocenters. The van der Waals surface area contributed by atoms with Gasteiger partial charge in [0.15, 0.2) is 0 Å². The second-order valence-corrected chi connectivity index (χ2v) is 9.47. The number of nitrogens with zero attached hydrogens (tertiary/aromatic N) is 4. The van der Waals surface area contributed by atoms with Crippen molar-refractivity contribution in [2.24, 2.45) is 0 Å². The number of halogens is 1. The van der Waals surface area contributed by atoms with Crippen molar-refractivity contribution in [1.82, 2.24) is 24.8 Å². The third-order valence-electron chi connectivity index (χ3n) is 6.87. The molecule has 7 heteroatoms. The molecule has 1 aliphatic heterocycles. The average molecular weight is 506 g/mol. The predicted octanol–water partition coefficient (Wildman–Crippen LogP) is 6.45. The fourth-order valence-electron chi connectivity index (χ4n) is 4.93. The molecule has 1 fully saturated rings. The number of nitrogens with one attached hydrogen (secondary N) is 1. The molecule has 0 atom stereocenters. The van der Waals surface area contributed by atoms with Gasteiger partial charge in [0.05, 0.1) is 23.4 Å². The van der Waals surface area contributed by atoms with Crippen molar-refractivity contribution in [2.45, 2.75) is 25.3 Å². The third-order valence-corrected chi connectivity index (χ3v) is 6.87. The van der Waals surface area contributed by atoms with Gasteiger partial charge in [0.2, 0.25) is 0 Å². The number of imidazole rings is 1. The van der Waals surface area contributed by atoms with Crippen LogP contribution in [-0.2, 0) is 6.42 Å². The molecule has 3 aromatic carbocycles. The molecule has 6 rings (SSSR count). The summed E-state index contributed by atoms with van der Waals surface area (Å²) in [6.07, 6.45) is 6.43. The molecule has 0 amide bonds. The van der Waals surface area contributed by atoms with Gasteiger partial charge in [-0.1, -0.05) is 42.5 Å². The van der Waals surface area contributed by atoms with E-state index in [0.717, 1.165) is 49.3 Å². The summed E-state index contributed by atoms with van der Waals surface area (Å²) in [7, 11) is 0. The van der Waals surface area contributed by atoms with E-state index in [4.69, 9.17) is 14.7 Å². The second kappa shape index (κ2) is 10.9. The monoisotopic (exact) mass is 505 g/mol. The Hall–Kier alpha value is -4.36. The van der Waals surface area contributed by atoms with Crippen LogP contribution in [0.15, 0.2) is 97.5 Å². The molecule has 1 N–H and O–H groups in total. The molecule has 1 aliphatic rings. The summed E-state index contributed by atoms with van der Waals surface area (Å²) >= 11 is 0. The topological polar surface area (TPSA) is 64.9 Å². The zero-order chi connectivity index (χ0) is 25.7. The zero-order valence-electron chi connectivity index (χ0n) is 20.9. The van der Waals surface area contributed by atoms with E-state index in [2.05, 4.69) is 51.3 Å². The summed E-state index contributed by atoms with van der Waals surface area (Å²) in [5, 5.41) is 3.42. The van der Waals surface area contributed by atoms with Crippen LogP contribution in [0.3, 0.4) is 0 Å².